The molecule has 2 fully saturated rings. The lowest BCUT2D eigenvalue weighted by Gasteiger charge is -2.32. The first kappa shape index (κ1) is 18.2. The Hall–Kier alpha value is 0.170. The Morgan fingerprint density at radius 1 is 0.850 bits per heavy atom. The standard InChI is InChI=1S/C17H31P.C2H6/c1-2-3-10-15-18(16-11-6-4-7-12-16)17-13-8-5-9-14-17;1-2/h2,16-17H,1,3-15H2;1-2H3/p+1. The summed E-state index contributed by atoms with van der Waals surface area (Å²) in [7, 11) is -0.0661. The van der Waals surface area contributed by atoms with Crippen molar-refractivity contribution in [3.05, 3.63) is 12.7 Å². The summed E-state index contributed by atoms with van der Waals surface area (Å²) in [6, 6.07) is 0. The minimum Gasteiger partial charge on any atom is -0.103 e. The second-order valence-electron chi connectivity index (χ2n) is 6.43. The maximum atomic E-state index is 3.89. The molecule has 0 N–H and O–H groups in total. The molecule has 0 aromatic heterocycles. The van der Waals surface area contributed by atoms with Crippen molar-refractivity contribution in [1.82, 2.24) is 0 Å². The van der Waals surface area contributed by atoms with Crippen LogP contribution in [-0.2, 0) is 0 Å². The molecule has 1 heteroatoms. The van der Waals surface area contributed by atoms with E-state index in [4.69, 9.17) is 0 Å². The predicted octanol–water partition coefficient (Wildman–Crippen LogP) is 6.86. The number of hydrogen-bond acceptors (Lipinski definition) is 0. The van der Waals surface area contributed by atoms with Crippen molar-refractivity contribution >= 4 is 7.92 Å². The van der Waals surface area contributed by atoms with E-state index in [1.54, 1.807) is 31.8 Å². The Bertz CT molecular complexity index is 206. The molecule has 118 valence electrons. The lowest BCUT2D eigenvalue weighted by atomic mass is 9.99. The highest BCUT2D eigenvalue weighted by atomic mass is 31.1. The second kappa shape index (κ2) is 11.8. The highest BCUT2D eigenvalue weighted by Crippen LogP contribution is 2.56. The van der Waals surface area contributed by atoms with Gasteiger partial charge in [0, 0.05) is 7.92 Å². The fourth-order valence-electron chi connectivity index (χ4n) is 4.14. The zero-order chi connectivity index (χ0) is 14.6. The van der Waals surface area contributed by atoms with E-state index in [1.165, 1.54) is 62.7 Å². The van der Waals surface area contributed by atoms with Gasteiger partial charge in [0.2, 0.25) is 0 Å². The summed E-state index contributed by atoms with van der Waals surface area (Å²) >= 11 is 0. The summed E-state index contributed by atoms with van der Waals surface area (Å²) in [4.78, 5) is 0. The molecule has 0 saturated heterocycles. The van der Waals surface area contributed by atoms with Gasteiger partial charge in [0.25, 0.3) is 0 Å². The molecule has 0 aromatic rings. The third-order valence-corrected chi connectivity index (χ3v) is 9.32. The van der Waals surface area contributed by atoms with Crippen molar-refractivity contribution in [2.75, 3.05) is 6.16 Å². The summed E-state index contributed by atoms with van der Waals surface area (Å²) in [5.41, 5.74) is 2.35. The van der Waals surface area contributed by atoms with Gasteiger partial charge in [0.05, 0.1) is 17.5 Å². The van der Waals surface area contributed by atoms with Crippen molar-refractivity contribution in [1.29, 1.82) is 0 Å². The van der Waals surface area contributed by atoms with Crippen LogP contribution in [-0.4, -0.2) is 17.5 Å². The summed E-state index contributed by atoms with van der Waals surface area (Å²) < 4.78 is 0. The summed E-state index contributed by atoms with van der Waals surface area (Å²) in [5.74, 6) is 0. The van der Waals surface area contributed by atoms with Crippen LogP contribution in [0, 0.1) is 0 Å². The zero-order valence-corrected chi connectivity index (χ0v) is 15.1. The summed E-state index contributed by atoms with van der Waals surface area (Å²) in [6.45, 7) is 7.89. The maximum Gasteiger partial charge on any atom is 0.0678 e. The molecule has 0 atom stereocenters. The van der Waals surface area contributed by atoms with E-state index in [1.807, 2.05) is 13.8 Å². The normalized spacial score (nSPS) is 21.4. The maximum absolute atomic E-state index is 3.89. The van der Waals surface area contributed by atoms with E-state index in [0.29, 0.717) is 0 Å². The fraction of sp³-hybridized carbons (Fsp3) is 0.895. The Balaban J connectivity index is 0.000000956. The molecule has 2 aliphatic carbocycles. The predicted molar refractivity (Wildman–Crippen MR) is 97.7 cm³/mol. The number of rotatable bonds is 6. The Morgan fingerprint density at radius 2 is 1.30 bits per heavy atom. The molecule has 2 saturated carbocycles. The lowest BCUT2D eigenvalue weighted by molar-refractivity contribution is 0.483. The Kier molecular flexibility index (Phi) is 10.7. The van der Waals surface area contributed by atoms with Gasteiger partial charge in [0.15, 0.2) is 0 Å². The molecule has 0 aliphatic heterocycles. The van der Waals surface area contributed by atoms with Crippen molar-refractivity contribution in [2.24, 2.45) is 0 Å². The van der Waals surface area contributed by atoms with E-state index >= 15 is 0 Å². The van der Waals surface area contributed by atoms with Crippen LogP contribution in [0.3, 0.4) is 0 Å². The Morgan fingerprint density at radius 3 is 1.70 bits per heavy atom. The zero-order valence-electron chi connectivity index (χ0n) is 14.1. The quantitative estimate of drug-likeness (QED) is 0.285. The first-order chi connectivity index (χ1) is 9.92. The van der Waals surface area contributed by atoms with Gasteiger partial charge >= 0.3 is 0 Å². The van der Waals surface area contributed by atoms with Crippen LogP contribution in [0.1, 0.15) is 90.9 Å². The van der Waals surface area contributed by atoms with Crippen LogP contribution in [0.2, 0.25) is 0 Å². The minimum absolute atomic E-state index is 0.0661. The van der Waals surface area contributed by atoms with Gasteiger partial charge in [-0.3, -0.25) is 0 Å². The summed E-state index contributed by atoms with van der Waals surface area (Å²) in [5, 5.41) is 0. The fourth-order valence-corrected chi connectivity index (χ4v) is 8.53. The van der Waals surface area contributed by atoms with Gasteiger partial charge < -0.3 is 0 Å². The monoisotopic (exact) mass is 297 g/mol. The first-order valence-electron chi connectivity index (χ1n) is 9.38. The molecular weight excluding hydrogens is 259 g/mol. The Labute approximate surface area is 129 Å². The molecule has 0 unspecified atom stereocenters. The van der Waals surface area contributed by atoms with E-state index in [2.05, 4.69) is 12.7 Å². The molecule has 0 nitrogen and oxygen atoms in total. The molecule has 0 heterocycles. The molecule has 0 amide bonds. The van der Waals surface area contributed by atoms with Crippen LogP contribution in [0.5, 0.6) is 0 Å². The lowest BCUT2D eigenvalue weighted by Crippen LogP contribution is -2.22. The van der Waals surface area contributed by atoms with Gasteiger partial charge in [-0.1, -0.05) is 32.8 Å². The van der Waals surface area contributed by atoms with Gasteiger partial charge in [-0.15, -0.1) is 6.58 Å². The van der Waals surface area contributed by atoms with E-state index < -0.39 is 0 Å². The average molecular weight is 297 g/mol. The molecule has 0 spiro atoms. The number of hydrogen-bond donors (Lipinski definition) is 0. The highest BCUT2D eigenvalue weighted by Gasteiger charge is 2.36. The largest absolute Gasteiger partial charge is 0.103 e. The average Bonchev–Trinajstić information content (AvgIpc) is 2.55. The molecule has 0 aromatic carbocycles. The third-order valence-electron chi connectivity index (χ3n) is 5.13. The van der Waals surface area contributed by atoms with Gasteiger partial charge in [-0.25, -0.2) is 0 Å². The smallest absolute Gasteiger partial charge is 0.0678 e. The minimum atomic E-state index is -0.0661. The highest BCUT2D eigenvalue weighted by molar-refractivity contribution is 7.59. The molecule has 0 bridgehead atoms. The number of unbranched alkanes of at least 4 members (excludes halogenated alkanes) is 1. The van der Waals surface area contributed by atoms with Gasteiger partial charge in [-0.2, -0.15) is 0 Å². The SMILES string of the molecule is C=CCCC[PH+](C1CCCCC1)C1CCCCC1.CC. The molecule has 0 radical (unpaired) electrons. The molecule has 2 aliphatic rings. The van der Waals surface area contributed by atoms with Crippen LogP contribution in [0.15, 0.2) is 12.7 Å². The molecule has 20 heavy (non-hydrogen) atoms. The van der Waals surface area contributed by atoms with Crippen LogP contribution in [0.25, 0.3) is 0 Å². The molecule has 2 rings (SSSR count). The van der Waals surface area contributed by atoms with Gasteiger partial charge in [0.1, 0.15) is 0 Å². The summed E-state index contributed by atoms with van der Waals surface area (Å²) in [6.07, 6.45) is 21.9. The van der Waals surface area contributed by atoms with Crippen LogP contribution >= 0.6 is 7.92 Å². The first-order valence-corrected chi connectivity index (χ1v) is 11.2. The second-order valence-corrected chi connectivity index (χ2v) is 9.71. The van der Waals surface area contributed by atoms with Crippen LogP contribution < -0.4 is 0 Å². The van der Waals surface area contributed by atoms with Crippen molar-refractivity contribution in [3.63, 3.8) is 0 Å². The third kappa shape index (κ3) is 6.30. The van der Waals surface area contributed by atoms with Crippen molar-refractivity contribution in [3.8, 4) is 0 Å². The van der Waals surface area contributed by atoms with E-state index in [9.17, 15) is 0 Å². The van der Waals surface area contributed by atoms with Crippen LogP contribution in [0.4, 0.5) is 0 Å². The van der Waals surface area contributed by atoms with Gasteiger partial charge in [-0.05, 0) is 64.2 Å². The van der Waals surface area contributed by atoms with E-state index in [0.717, 1.165) is 0 Å². The van der Waals surface area contributed by atoms with Crippen molar-refractivity contribution < 1.29 is 0 Å². The van der Waals surface area contributed by atoms with E-state index in [-0.39, 0.29) is 7.92 Å². The number of allylic oxidation sites excluding steroid dienone is 1. The molecular formula is C19H38P+. The topological polar surface area (TPSA) is 0 Å². The van der Waals surface area contributed by atoms with Crippen molar-refractivity contribution in [2.45, 2.75) is 102 Å².